The molecular formula is C11H20O3. The Kier molecular flexibility index (Phi) is 8.24. The second-order valence-electron chi connectivity index (χ2n) is 3.17. The third kappa shape index (κ3) is 6.66. The molecule has 3 nitrogen and oxygen atoms in total. The highest BCUT2D eigenvalue weighted by atomic mass is 16.5. The number of carboxylic acids is 1. The SMILES string of the molecule is CCCCCOCC=C(CC)C(=O)O. The van der Waals surface area contributed by atoms with E-state index < -0.39 is 5.97 Å². The molecule has 0 aromatic carbocycles. The lowest BCUT2D eigenvalue weighted by molar-refractivity contribution is -0.132. The molecule has 0 atom stereocenters. The molecule has 0 fully saturated rings. The number of rotatable bonds is 8. The Morgan fingerprint density at radius 3 is 2.57 bits per heavy atom. The zero-order valence-corrected chi connectivity index (χ0v) is 9.08. The molecule has 0 aliphatic heterocycles. The molecule has 0 heterocycles. The Bertz CT molecular complexity index is 185. The molecule has 0 saturated carbocycles. The predicted molar refractivity (Wildman–Crippen MR) is 56.4 cm³/mol. The van der Waals surface area contributed by atoms with E-state index in [0.29, 0.717) is 18.6 Å². The molecule has 14 heavy (non-hydrogen) atoms. The van der Waals surface area contributed by atoms with Crippen molar-refractivity contribution in [2.75, 3.05) is 13.2 Å². The Morgan fingerprint density at radius 2 is 2.07 bits per heavy atom. The van der Waals surface area contributed by atoms with E-state index in [4.69, 9.17) is 9.84 Å². The van der Waals surface area contributed by atoms with Crippen LogP contribution in [0.3, 0.4) is 0 Å². The van der Waals surface area contributed by atoms with E-state index in [1.54, 1.807) is 6.08 Å². The van der Waals surface area contributed by atoms with E-state index >= 15 is 0 Å². The molecular weight excluding hydrogens is 180 g/mol. The second-order valence-corrected chi connectivity index (χ2v) is 3.17. The minimum Gasteiger partial charge on any atom is -0.478 e. The second kappa shape index (κ2) is 8.75. The lowest BCUT2D eigenvalue weighted by atomic mass is 10.2. The summed E-state index contributed by atoms with van der Waals surface area (Å²) in [5, 5.41) is 8.69. The zero-order chi connectivity index (χ0) is 10.8. The van der Waals surface area contributed by atoms with Crippen molar-refractivity contribution in [3.05, 3.63) is 11.6 Å². The summed E-state index contributed by atoms with van der Waals surface area (Å²) < 4.78 is 5.28. The van der Waals surface area contributed by atoms with Crippen LogP contribution in [0.15, 0.2) is 11.6 Å². The molecule has 0 unspecified atom stereocenters. The first-order valence-electron chi connectivity index (χ1n) is 5.22. The number of ether oxygens (including phenoxy) is 1. The van der Waals surface area contributed by atoms with Crippen LogP contribution < -0.4 is 0 Å². The molecule has 0 radical (unpaired) electrons. The van der Waals surface area contributed by atoms with Gasteiger partial charge in [0.1, 0.15) is 0 Å². The molecule has 82 valence electrons. The van der Waals surface area contributed by atoms with Gasteiger partial charge in [-0.25, -0.2) is 4.79 Å². The lowest BCUT2D eigenvalue weighted by Gasteiger charge is -2.01. The monoisotopic (exact) mass is 200 g/mol. The van der Waals surface area contributed by atoms with E-state index in [9.17, 15) is 4.79 Å². The van der Waals surface area contributed by atoms with Crippen LogP contribution in [0.1, 0.15) is 39.5 Å². The number of hydrogen-bond acceptors (Lipinski definition) is 2. The molecule has 0 amide bonds. The van der Waals surface area contributed by atoms with Crippen molar-refractivity contribution in [3.63, 3.8) is 0 Å². The molecule has 0 spiro atoms. The first-order valence-corrected chi connectivity index (χ1v) is 5.22. The van der Waals surface area contributed by atoms with Gasteiger partial charge in [-0.15, -0.1) is 0 Å². The maximum atomic E-state index is 10.6. The van der Waals surface area contributed by atoms with E-state index in [-0.39, 0.29) is 0 Å². The van der Waals surface area contributed by atoms with Gasteiger partial charge in [0, 0.05) is 12.2 Å². The minimum absolute atomic E-state index is 0.416. The van der Waals surface area contributed by atoms with Crippen molar-refractivity contribution in [1.82, 2.24) is 0 Å². The van der Waals surface area contributed by atoms with E-state index in [0.717, 1.165) is 13.0 Å². The molecule has 1 N–H and O–H groups in total. The number of carbonyl (C=O) groups is 1. The molecule has 0 bridgehead atoms. The summed E-state index contributed by atoms with van der Waals surface area (Å²) in [7, 11) is 0. The molecule has 0 aromatic rings. The van der Waals surface area contributed by atoms with Crippen LogP contribution >= 0.6 is 0 Å². The zero-order valence-electron chi connectivity index (χ0n) is 9.08. The highest BCUT2D eigenvalue weighted by Crippen LogP contribution is 2.00. The third-order valence-corrected chi connectivity index (χ3v) is 2.00. The van der Waals surface area contributed by atoms with Crippen molar-refractivity contribution in [3.8, 4) is 0 Å². The van der Waals surface area contributed by atoms with E-state index in [1.807, 2.05) is 6.92 Å². The first-order chi connectivity index (χ1) is 6.72. The van der Waals surface area contributed by atoms with Gasteiger partial charge in [-0.3, -0.25) is 0 Å². The largest absolute Gasteiger partial charge is 0.478 e. The normalized spacial score (nSPS) is 11.7. The van der Waals surface area contributed by atoms with Gasteiger partial charge in [-0.2, -0.15) is 0 Å². The Morgan fingerprint density at radius 1 is 1.36 bits per heavy atom. The van der Waals surface area contributed by atoms with Crippen molar-refractivity contribution < 1.29 is 14.6 Å². The predicted octanol–water partition coefficient (Wildman–Crippen LogP) is 2.61. The van der Waals surface area contributed by atoms with E-state index in [2.05, 4.69) is 6.92 Å². The minimum atomic E-state index is -0.843. The topological polar surface area (TPSA) is 46.5 Å². The van der Waals surface area contributed by atoms with Gasteiger partial charge in [-0.05, 0) is 18.9 Å². The van der Waals surface area contributed by atoms with Crippen molar-refractivity contribution in [2.45, 2.75) is 39.5 Å². The van der Waals surface area contributed by atoms with Crippen LogP contribution in [0.2, 0.25) is 0 Å². The van der Waals surface area contributed by atoms with Crippen molar-refractivity contribution >= 4 is 5.97 Å². The van der Waals surface area contributed by atoms with Gasteiger partial charge >= 0.3 is 5.97 Å². The molecule has 0 aromatic heterocycles. The van der Waals surface area contributed by atoms with Crippen molar-refractivity contribution in [1.29, 1.82) is 0 Å². The highest BCUT2D eigenvalue weighted by Gasteiger charge is 2.02. The van der Waals surface area contributed by atoms with Crippen LogP contribution in [-0.2, 0) is 9.53 Å². The summed E-state index contributed by atoms with van der Waals surface area (Å²) in [5.74, 6) is -0.843. The van der Waals surface area contributed by atoms with Gasteiger partial charge in [0.25, 0.3) is 0 Å². The highest BCUT2D eigenvalue weighted by molar-refractivity contribution is 5.86. The lowest BCUT2D eigenvalue weighted by Crippen LogP contribution is -2.02. The van der Waals surface area contributed by atoms with Gasteiger partial charge in [0.15, 0.2) is 0 Å². The van der Waals surface area contributed by atoms with Crippen LogP contribution in [0.25, 0.3) is 0 Å². The van der Waals surface area contributed by atoms with Gasteiger partial charge in [0.05, 0.1) is 6.61 Å². The van der Waals surface area contributed by atoms with Crippen LogP contribution in [0, 0.1) is 0 Å². The molecule has 0 saturated heterocycles. The molecule has 0 aliphatic rings. The molecule has 0 aliphatic carbocycles. The Hall–Kier alpha value is -0.830. The maximum Gasteiger partial charge on any atom is 0.331 e. The fraction of sp³-hybridized carbons (Fsp3) is 0.727. The molecule has 0 rings (SSSR count). The summed E-state index contributed by atoms with van der Waals surface area (Å²) in [6.45, 7) is 5.11. The number of aliphatic carboxylic acids is 1. The number of unbranched alkanes of at least 4 members (excludes halogenated alkanes) is 2. The van der Waals surface area contributed by atoms with Crippen LogP contribution in [-0.4, -0.2) is 24.3 Å². The summed E-state index contributed by atoms with van der Waals surface area (Å²) in [6, 6.07) is 0. The average Bonchev–Trinajstić information content (AvgIpc) is 2.16. The maximum absolute atomic E-state index is 10.6. The number of carboxylic acid groups (broad SMARTS) is 1. The fourth-order valence-corrected chi connectivity index (χ4v) is 1.08. The average molecular weight is 200 g/mol. The van der Waals surface area contributed by atoms with Crippen molar-refractivity contribution in [2.24, 2.45) is 0 Å². The van der Waals surface area contributed by atoms with E-state index in [1.165, 1.54) is 12.8 Å². The van der Waals surface area contributed by atoms with Gasteiger partial charge in [0.2, 0.25) is 0 Å². The summed E-state index contributed by atoms with van der Waals surface area (Å²) in [4.78, 5) is 10.6. The molecule has 3 heteroatoms. The van der Waals surface area contributed by atoms with Crippen LogP contribution in [0.4, 0.5) is 0 Å². The van der Waals surface area contributed by atoms with Crippen LogP contribution in [0.5, 0.6) is 0 Å². The summed E-state index contributed by atoms with van der Waals surface area (Å²) in [6.07, 6.45) is 5.60. The smallest absolute Gasteiger partial charge is 0.331 e. The fourth-order valence-electron chi connectivity index (χ4n) is 1.08. The third-order valence-electron chi connectivity index (χ3n) is 2.00. The quantitative estimate of drug-likeness (QED) is 0.484. The standard InChI is InChI=1S/C11H20O3/c1-3-5-6-8-14-9-7-10(4-2)11(12)13/h7H,3-6,8-9H2,1-2H3,(H,12,13). The van der Waals surface area contributed by atoms with Gasteiger partial charge in [-0.1, -0.05) is 26.7 Å². The summed E-state index contributed by atoms with van der Waals surface area (Å²) >= 11 is 0. The summed E-state index contributed by atoms with van der Waals surface area (Å²) in [5.41, 5.74) is 0.431. The Labute approximate surface area is 85.8 Å². The Balaban J connectivity index is 3.53. The number of hydrogen-bond donors (Lipinski definition) is 1. The first kappa shape index (κ1) is 13.2. The van der Waals surface area contributed by atoms with Gasteiger partial charge < -0.3 is 9.84 Å².